The van der Waals surface area contributed by atoms with Gasteiger partial charge < -0.3 is 18.9 Å². The summed E-state index contributed by atoms with van der Waals surface area (Å²) in [5, 5.41) is 7.10. The predicted molar refractivity (Wildman–Crippen MR) is 130 cm³/mol. The van der Waals surface area contributed by atoms with Crippen molar-refractivity contribution >= 4 is 21.6 Å². The molecule has 0 saturated carbocycles. The predicted octanol–water partition coefficient (Wildman–Crippen LogP) is 6.11. The molecule has 3 aromatic rings. The molecule has 5 rings (SSSR count). The summed E-state index contributed by atoms with van der Waals surface area (Å²) in [7, 11) is 3.28. The Hall–Kier alpha value is -3.19. The van der Waals surface area contributed by atoms with Crippen LogP contribution in [0, 0.1) is 0 Å². The number of methoxy groups -OCH3 is 2. The van der Waals surface area contributed by atoms with Crippen molar-refractivity contribution in [3.8, 4) is 23.0 Å². The van der Waals surface area contributed by atoms with E-state index in [0.717, 1.165) is 44.8 Å². The van der Waals surface area contributed by atoms with Gasteiger partial charge in [-0.25, -0.2) is 5.01 Å². The summed E-state index contributed by atoms with van der Waals surface area (Å²) in [6, 6.07) is 20.2. The Bertz CT molecular complexity index is 1200. The molecular weight excluding hydrogens is 484 g/mol. The normalized spacial score (nSPS) is 18.7. The van der Waals surface area contributed by atoms with Crippen LogP contribution in [0.1, 0.15) is 42.3 Å². The van der Waals surface area contributed by atoms with Crippen molar-refractivity contribution in [2.24, 2.45) is 5.10 Å². The van der Waals surface area contributed by atoms with Gasteiger partial charge in [0.2, 0.25) is 6.23 Å². The van der Waals surface area contributed by atoms with Crippen LogP contribution < -0.4 is 18.9 Å². The van der Waals surface area contributed by atoms with Crippen LogP contribution in [-0.4, -0.2) is 31.5 Å². The van der Waals surface area contributed by atoms with Crippen LogP contribution in [0.3, 0.4) is 0 Å². The third kappa shape index (κ3) is 4.02. The molecule has 170 valence electrons. The van der Waals surface area contributed by atoms with Gasteiger partial charge in [-0.05, 0) is 67.6 Å². The second kappa shape index (κ2) is 8.98. The number of ether oxygens (including phenoxy) is 4. The molecule has 0 bridgehead atoms. The van der Waals surface area contributed by atoms with Crippen LogP contribution in [0.5, 0.6) is 23.0 Å². The van der Waals surface area contributed by atoms with Crippen molar-refractivity contribution in [2.45, 2.75) is 25.6 Å². The summed E-state index contributed by atoms with van der Waals surface area (Å²) in [5.74, 6) is 3.10. The fourth-order valence-electron chi connectivity index (χ4n) is 4.36. The van der Waals surface area contributed by atoms with E-state index in [1.165, 1.54) is 0 Å². The van der Waals surface area contributed by atoms with Crippen LogP contribution in [0.2, 0.25) is 0 Å². The molecule has 0 amide bonds. The molecule has 0 aromatic heterocycles. The molecule has 0 unspecified atom stereocenters. The van der Waals surface area contributed by atoms with Gasteiger partial charge in [-0.3, -0.25) is 0 Å². The summed E-state index contributed by atoms with van der Waals surface area (Å²) in [6.45, 7) is 2.61. The maximum Gasteiger partial charge on any atom is 0.213 e. The molecule has 0 fully saturated rings. The van der Waals surface area contributed by atoms with E-state index in [9.17, 15) is 0 Å². The van der Waals surface area contributed by atoms with Crippen molar-refractivity contribution in [1.29, 1.82) is 0 Å². The lowest BCUT2D eigenvalue weighted by Crippen LogP contribution is -2.33. The Labute approximate surface area is 201 Å². The lowest BCUT2D eigenvalue weighted by molar-refractivity contribution is -0.0191. The van der Waals surface area contributed by atoms with E-state index in [-0.39, 0.29) is 12.3 Å². The molecule has 0 N–H and O–H groups in total. The summed E-state index contributed by atoms with van der Waals surface area (Å²) >= 11 is 3.61. The summed E-state index contributed by atoms with van der Waals surface area (Å²) in [6.07, 6.45) is 0.424. The number of hydrogen-bond donors (Lipinski definition) is 0. The number of hydrazone groups is 1. The largest absolute Gasteiger partial charge is 0.494 e. The zero-order chi connectivity index (χ0) is 22.9. The van der Waals surface area contributed by atoms with Gasteiger partial charge in [-0.2, -0.15) is 5.10 Å². The second-order valence-electron chi connectivity index (χ2n) is 7.87. The first-order chi connectivity index (χ1) is 16.1. The fraction of sp³-hybridized carbons (Fsp3) is 0.269. The standard InChI is InChI=1S/C26H25BrN2O4/c1-4-32-19-9-5-16(6-10-19)26-29-22(20-14-18(27)8-12-23(20)33-26)15-21(28-29)17-7-11-24(30-2)25(13-17)31-3/h5-14,22,26H,4,15H2,1-3H3/t22-,26+/m0/s1. The first-order valence-electron chi connectivity index (χ1n) is 10.9. The maximum atomic E-state index is 6.46. The number of fused-ring (bicyclic) bond motifs is 3. The molecule has 33 heavy (non-hydrogen) atoms. The van der Waals surface area contributed by atoms with Gasteiger partial charge in [0.25, 0.3) is 0 Å². The maximum absolute atomic E-state index is 6.46. The Balaban J connectivity index is 1.55. The number of hydrogen-bond acceptors (Lipinski definition) is 6. The quantitative estimate of drug-likeness (QED) is 0.402. The summed E-state index contributed by atoms with van der Waals surface area (Å²) in [5.41, 5.74) is 4.12. The first-order valence-corrected chi connectivity index (χ1v) is 11.7. The van der Waals surface area contributed by atoms with Crippen molar-refractivity contribution < 1.29 is 18.9 Å². The van der Waals surface area contributed by atoms with Crippen LogP contribution in [0.4, 0.5) is 0 Å². The van der Waals surface area contributed by atoms with Gasteiger partial charge in [-0.15, -0.1) is 0 Å². The highest BCUT2D eigenvalue weighted by molar-refractivity contribution is 9.10. The van der Waals surface area contributed by atoms with Crippen molar-refractivity contribution in [3.05, 3.63) is 81.8 Å². The van der Waals surface area contributed by atoms with Gasteiger partial charge in [0.05, 0.1) is 32.6 Å². The van der Waals surface area contributed by atoms with E-state index in [4.69, 9.17) is 24.0 Å². The molecule has 2 heterocycles. The van der Waals surface area contributed by atoms with Gasteiger partial charge >= 0.3 is 0 Å². The van der Waals surface area contributed by atoms with Crippen molar-refractivity contribution in [1.82, 2.24) is 5.01 Å². The SMILES string of the molecule is CCOc1ccc([C@H]2Oc3ccc(Br)cc3[C@@H]3CC(c4ccc(OC)c(OC)c4)=NN23)cc1. The molecule has 0 aliphatic carbocycles. The first kappa shape index (κ1) is 21.6. The number of benzene rings is 3. The van der Waals surface area contributed by atoms with Crippen LogP contribution in [-0.2, 0) is 0 Å². The molecular formula is C26H25BrN2O4. The van der Waals surface area contributed by atoms with Gasteiger partial charge in [0.1, 0.15) is 11.5 Å². The Morgan fingerprint density at radius 2 is 1.79 bits per heavy atom. The van der Waals surface area contributed by atoms with E-state index in [2.05, 4.69) is 27.0 Å². The van der Waals surface area contributed by atoms with Crippen LogP contribution in [0.25, 0.3) is 0 Å². The summed E-state index contributed by atoms with van der Waals surface area (Å²) in [4.78, 5) is 0. The lowest BCUT2D eigenvalue weighted by atomic mass is 9.95. The Kier molecular flexibility index (Phi) is 5.89. The van der Waals surface area contributed by atoms with Crippen LogP contribution >= 0.6 is 15.9 Å². The van der Waals surface area contributed by atoms with E-state index in [1.54, 1.807) is 14.2 Å². The Morgan fingerprint density at radius 3 is 2.52 bits per heavy atom. The molecule has 7 heteroatoms. The molecule has 2 atom stereocenters. The molecule has 2 aliphatic heterocycles. The molecule has 3 aromatic carbocycles. The minimum absolute atomic E-state index is 0.0610. The molecule has 0 spiro atoms. The average molecular weight is 509 g/mol. The molecule has 6 nitrogen and oxygen atoms in total. The minimum Gasteiger partial charge on any atom is -0.494 e. The zero-order valence-corrected chi connectivity index (χ0v) is 20.3. The zero-order valence-electron chi connectivity index (χ0n) is 18.7. The van der Waals surface area contributed by atoms with Crippen molar-refractivity contribution in [3.63, 3.8) is 0 Å². The third-order valence-electron chi connectivity index (χ3n) is 5.94. The van der Waals surface area contributed by atoms with E-state index in [1.807, 2.05) is 61.5 Å². The molecule has 0 radical (unpaired) electrons. The minimum atomic E-state index is -0.336. The highest BCUT2D eigenvalue weighted by atomic mass is 79.9. The highest BCUT2D eigenvalue weighted by Crippen LogP contribution is 2.48. The van der Waals surface area contributed by atoms with Gasteiger partial charge in [0.15, 0.2) is 11.5 Å². The fourth-order valence-corrected chi connectivity index (χ4v) is 4.74. The number of rotatable bonds is 6. The highest BCUT2D eigenvalue weighted by Gasteiger charge is 2.41. The smallest absolute Gasteiger partial charge is 0.213 e. The van der Waals surface area contributed by atoms with Gasteiger partial charge in [0, 0.05) is 27.6 Å². The number of nitrogens with zero attached hydrogens (tertiary/aromatic N) is 2. The van der Waals surface area contributed by atoms with E-state index < -0.39 is 0 Å². The lowest BCUT2D eigenvalue weighted by Gasteiger charge is -2.38. The monoisotopic (exact) mass is 508 g/mol. The topological polar surface area (TPSA) is 52.5 Å². The molecule has 0 saturated heterocycles. The van der Waals surface area contributed by atoms with Gasteiger partial charge in [-0.1, -0.05) is 15.9 Å². The summed E-state index contributed by atoms with van der Waals surface area (Å²) < 4.78 is 24.0. The molecule has 2 aliphatic rings. The third-order valence-corrected chi connectivity index (χ3v) is 6.44. The second-order valence-corrected chi connectivity index (χ2v) is 8.79. The van der Waals surface area contributed by atoms with E-state index in [0.29, 0.717) is 18.1 Å². The Morgan fingerprint density at radius 1 is 1.00 bits per heavy atom. The van der Waals surface area contributed by atoms with E-state index >= 15 is 0 Å². The van der Waals surface area contributed by atoms with Crippen molar-refractivity contribution in [2.75, 3.05) is 20.8 Å². The van der Waals surface area contributed by atoms with Crippen LogP contribution in [0.15, 0.2) is 70.2 Å². The number of halogens is 1. The average Bonchev–Trinajstić information content (AvgIpc) is 3.30.